The molecule has 11 nitrogen and oxygen atoms in total. The van der Waals surface area contributed by atoms with Gasteiger partial charge in [-0.05, 0) is 9.05 Å². The molecule has 172 valence electrons. The van der Waals surface area contributed by atoms with Crippen molar-refractivity contribution in [2.45, 2.75) is 68.3 Å². The Morgan fingerprint density at radius 1 is 0.500 bits per heavy atom. The molecule has 0 spiro atoms. The summed E-state index contributed by atoms with van der Waals surface area (Å²) in [6.45, 7) is 8.20. The van der Waals surface area contributed by atoms with Crippen LogP contribution in [0.4, 0.5) is 0 Å². The van der Waals surface area contributed by atoms with Crippen LogP contribution in [0.2, 0.25) is 0 Å². The van der Waals surface area contributed by atoms with Crippen LogP contribution in [0, 0.1) is 23.7 Å². The summed E-state index contributed by atoms with van der Waals surface area (Å²) in [5.74, 6) is -5.58. The maximum atomic E-state index is 12.2. The summed E-state index contributed by atoms with van der Waals surface area (Å²) in [5, 5.41) is 0. The molecule has 0 bridgehead atoms. The molecule has 12 heteroatoms. The van der Waals surface area contributed by atoms with E-state index in [1.165, 1.54) is 55.4 Å². The zero-order valence-corrected chi connectivity index (χ0v) is 19.3. The van der Waals surface area contributed by atoms with Gasteiger partial charge >= 0.3 is 45.1 Å². The summed E-state index contributed by atoms with van der Waals surface area (Å²) in [5.41, 5.74) is 0. The molecule has 0 aromatic heterocycles. The number of carbonyl (C=O) groups is 4. The van der Waals surface area contributed by atoms with Crippen LogP contribution in [0.1, 0.15) is 55.4 Å². The van der Waals surface area contributed by atoms with E-state index in [0.29, 0.717) is 0 Å². The minimum Gasteiger partial charge on any atom is -0.397 e. The predicted molar refractivity (Wildman–Crippen MR) is 101 cm³/mol. The Hall–Kier alpha value is -2.10. The van der Waals surface area contributed by atoms with Gasteiger partial charge in [0.25, 0.3) is 0 Å². The highest BCUT2D eigenvalue weighted by atomic mass is 31.1. The van der Waals surface area contributed by atoms with Crippen LogP contribution < -0.4 is 0 Å². The lowest BCUT2D eigenvalue weighted by Crippen LogP contribution is -2.31. The van der Waals surface area contributed by atoms with Crippen molar-refractivity contribution in [1.29, 1.82) is 0 Å². The van der Waals surface area contributed by atoms with E-state index in [-0.39, 0.29) is 0 Å². The molecule has 0 amide bonds. The third kappa shape index (κ3) is 11.2. The van der Waals surface area contributed by atoms with Crippen molar-refractivity contribution < 1.29 is 51.7 Å². The summed E-state index contributed by atoms with van der Waals surface area (Å²) < 4.78 is 41.2. The molecule has 0 aliphatic heterocycles. The summed E-state index contributed by atoms with van der Waals surface area (Å²) in [4.78, 5) is 47.1. The van der Waals surface area contributed by atoms with Crippen LogP contribution >= 0.6 is 8.25 Å². The van der Waals surface area contributed by atoms with Crippen molar-refractivity contribution in [3.05, 3.63) is 0 Å². The van der Waals surface area contributed by atoms with E-state index >= 15 is 0 Å². The van der Waals surface area contributed by atoms with E-state index in [1.807, 2.05) is 0 Å². The molecule has 0 N–H and O–H groups in total. The average molecular weight is 453 g/mol. The first-order valence-electron chi connectivity index (χ1n) is 9.37. The fourth-order valence-electron chi connectivity index (χ4n) is 1.22. The third-order valence-corrected chi connectivity index (χ3v) is 3.77. The van der Waals surface area contributed by atoms with Crippen molar-refractivity contribution >= 4 is 32.1 Å². The number of hydrogen-bond donors (Lipinski definition) is 0. The molecule has 0 heterocycles. The van der Waals surface area contributed by atoms with Gasteiger partial charge in [0.1, 0.15) is 0 Å². The van der Waals surface area contributed by atoms with E-state index in [9.17, 15) is 23.7 Å². The lowest BCUT2D eigenvalue weighted by atomic mass is 10.2. The van der Waals surface area contributed by atoms with Crippen molar-refractivity contribution in [2.24, 2.45) is 23.7 Å². The Morgan fingerprint density at radius 2 is 0.700 bits per heavy atom. The highest BCUT2D eigenvalue weighted by Gasteiger charge is 2.40. The standard InChI is InChI=1S/C18H30O11P/c1-9(2)13(19)24-17(25-14(20)10(3)4)28-30(23)29-18(26-15(21)11(5)6)27-16(22)12(7)8/h9-12,17-18H,1-8H3/q+1. The van der Waals surface area contributed by atoms with E-state index in [4.69, 9.17) is 28.0 Å². The largest absolute Gasteiger partial charge is 0.712 e. The summed E-state index contributed by atoms with van der Waals surface area (Å²) in [6.07, 6.45) is 0. The van der Waals surface area contributed by atoms with Gasteiger partial charge in [-0.15, -0.1) is 0 Å². The molecule has 0 radical (unpaired) electrons. The molecule has 0 atom stereocenters. The van der Waals surface area contributed by atoms with Gasteiger partial charge < -0.3 is 18.9 Å². The van der Waals surface area contributed by atoms with Crippen molar-refractivity contribution in [1.82, 2.24) is 0 Å². The van der Waals surface area contributed by atoms with Crippen LogP contribution in [0.25, 0.3) is 0 Å². The van der Waals surface area contributed by atoms with Gasteiger partial charge in [-0.3, -0.25) is 19.2 Å². The molecule has 0 fully saturated rings. The van der Waals surface area contributed by atoms with Crippen molar-refractivity contribution in [3.63, 3.8) is 0 Å². The molecule has 0 aromatic carbocycles. The maximum absolute atomic E-state index is 12.2. The lowest BCUT2D eigenvalue weighted by molar-refractivity contribution is -0.253. The average Bonchev–Trinajstić information content (AvgIpc) is 2.60. The summed E-state index contributed by atoms with van der Waals surface area (Å²) in [6, 6.07) is 0. The van der Waals surface area contributed by atoms with E-state index < -0.39 is 68.8 Å². The van der Waals surface area contributed by atoms with Crippen LogP contribution in [0.5, 0.6) is 0 Å². The lowest BCUT2D eigenvalue weighted by Gasteiger charge is -2.17. The van der Waals surface area contributed by atoms with Crippen LogP contribution in [-0.4, -0.2) is 36.8 Å². The summed E-state index contributed by atoms with van der Waals surface area (Å²) in [7, 11) is -3.22. The molecule has 0 aromatic rings. The van der Waals surface area contributed by atoms with Gasteiger partial charge in [0.15, 0.2) is 0 Å². The van der Waals surface area contributed by atoms with Gasteiger partial charge in [0.05, 0.1) is 23.7 Å². The van der Waals surface area contributed by atoms with Gasteiger partial charge in [-0.2, -0.15) is 0 Å². The van der Waals surface area contributed by atoms with Crippen molar-refractivity contribution in [3.8, 4) is 0 Å². The molecular weight excluding hydrogens is 423 g/mol. The molecule has 0 unspecified atom stereocenters. The Kier molecular flexibility index (Phi) is 12.3. The Labute approximate surface area is 176 Å². The first kappa shape index (κ1) is 27.9. The smallest absolute Gasteiger partial charge is 0.397 e. The van der Waals surface area contributed by atoms with Gasteiger partial charge in [-0.25, -0.2) is 0 Å². The number of ether oxygens (including phenoxy) is 4. The Morgan fingerprint density at radius 3 is 0.867 bits per heavy atom. The second-order valence-corrected chi connectivity index (χ2v) is 8.25. The highest BCUT2D eigenvalue weighted by molar-refractivity contribution is 7.33. The summed E-state index contributed by atoms with van der Waals surface area (Å²) >= 11 is 0. The SMILES string of the molecule is CC(C)C(=O)OC(OC(=O)C(C)C)O[P+](=O)OC(OC(=O)C(C)C)OC(=O)C(C)C. The minimum absolute atomic E-state index is 0.598. The second-order valence-electron chi connectivity index (χ2n) is 7.38. The molecule has 30 heavy (non-hydrogen) atoms. The Balaban J connectivity index is 5.27. The monoisotopic (exact) mass is 453 g/mol. The number of rotatable bonds is 12. The first-order valence-corrected chi connectivity index (χ1v) is 10.5. The molecule has 0 rings (SSSR count). The number of carbonyl (C=O) groups excluding carboxylic acids is 4. The zero-order chi connectivity index (χ0) is 23.6. The first-order chi connectivity index (χ1) is 13.7. The fraction of sp³-hybridized carbons (Fsp3) is 0.778. The number of esters is 4. The predicted octanol–water partition coefficient (Wildman–Crippen LogP) is 3.04. The molecule has 0 saturated heterocycles. The second kappa shape index (κ2) is 13.3. The van der Waals surface area contributed by atoms with Crippen LogP contribution in [-0.2, 0) is 51.7 Å². The molecule has 0 saturated carbocycles. The zero-order valence-electron chi connectivity index (χ0n) is 18.4. The van der Waals surface area contributed by atoms with Gasteiger partial charge in [-0.1, -0.05) is 55.4 Å². The van der Waals surface area contributed by atoms with E-state index in [0.717, 1.165) is 0 Å². The molecular formula is C18H30O11P+. The van der Waals surface area contributed by atoms with Crippen LogP contribution in [0.3, 0.4) is 0 Å². The van der Waals surface area contributed by atoms with Gasteiger partial charge in [0.2, 0.25) is 0 Å². The normalized spacial score (nSPS) is 11.4. The topological polar surface area (TPSA) is 141 Å². The van der Waals surface area contributed by atoms with E-state index in [2.05, 4.69) is 0 Å². The Bertz CT molecular complexity index is 532. The highest BCUT2D eigenvalue weighted by Crippen LogP contribution is 2.31. The minimum atomic E-state index is -3.22. The molecule has 0 aliphatic rings. The fourth-order valence-corrected chi connectivity index (χ4v) is 1.73. The van der Waals surface area contributed by atoms with Crippen molar-refractivity contribution in [2.75, 3.05) is 0 Å². The maximum Gasteiger partial charge on any atom is 0.712 e. The quantitative estimate of drug-likeness (QED) is 0.244. The third-order valence-electron chi connectivity index (χ3n) is 3.08. The van der Waals surface area contributed by atoms with Crippen LogP contribution in [0.15, 0.2) is 0 Å². The van der Waals surface area contributed by atoms with Gasteiger partial charge in [0, 0.05) is 4.57 Å². The molecule has 0 aliphatic carbocycles. The number of hydrogen-bond acceptors (Lipinski definition) is 11. The van der Waals surface area contributed by atoms with E-state index in [1.54, 1.807) is 0 Å².